The summed E-state index contributed by atoms with van der Waals surface area (Å²) >= 11 is 6.75. The zero-order valence-corrected chi connectivity index (χ0v) is 19.8. The Balaban J connectivity index is 1.69. The topological polar surface area (TPSA) is 16.1 Å². The van der Waals surface area contributed by atoms with Gasteiger partial charge in [-0.3, -0.25) is 4.98 Å². The highest BCUT2D eigenvalue weighted by molar-refractivity contribution is 7.77. The fraction of sp³-hybridized carbons (Fsp3) is 0.346. The Kier molecular flexibility index (Phi) is 6.19. The molecule has 1 aromatic carbocycles. The van der Waals surface area contributed by atoms with Crippen molar-refractivity contribution in [1.29, 1.82) is 0 Å². The lowest BCUT2D eigenvalue weighted by Gasteiger charge is -2.30. The highest BCUT2D eigenvalue weighted by Crippen LogP contribution is 2.47. The van der Waals surface area contributed by atoms with Crippen LogP contribution in [0.2, 0.25) is 0 Å². The fourth-order valence-corrected chi connectivity index (χ4v) is 6.16. The van der Waals surface area contributed by atoms with Crippen molar-refractivity contribution in [2.24, 2.45) is 5.41 Å². The Labute approximate surface area is 190 Å². The second-order valence-corrected chi connectivity index (χ2v) is 10.8. The number of fused-ring (bicyclic) bond motifs is 1. The standard InChI is InChI=1S/C26H30N2S2/c1-18(2)24-22-15-26(3,4)12-9-23(22)30-25(24)21-8-6-5-7-20(21)17-28(29)16-19-10-13-27-14-11-19/h5-8,10-11,13-14,29H,1,9,12,15-17H2,2-4H3. The average Bonchev–Trinajstić information content (AvgIpc) is 3.06. The highest BCUT2D eigenvalue weighted by atomic mass is 32.1. The van der Waals surface area contributed by atoms with Crippen LogP contribution in [0, 0.1) is 5.41 Å². The molecule has 0 saturated carbocycles. The van der Waals surface area contributed by atoms with Crippen LogP contribution in [0.3, 0.4) is 0 Å². The Hall–Kier alpha value is -1.88. The Morgan fingerprint density at radius 2 is 1.90 bits per heavy atom. The molecule has 0 atom stereocenters. The van der Waals surface area contributed by atoms with Crippen molar-refractivity contribution in [3.05, 3.63) is 82.5 Å². The van der Waals surface area contributed by atoms with Gasteiger partial charge in [-0.05, 0) is 77.1 Å². The van der Waals surface area contributed by atoms with Crippen molar-refractivity contribution >= 4 is 29.7 Å². The molecule has 0 N–H and O–H groups in total. The zero-order valence-electron chi connectivity index (χ0n) is 18.1. The van der Waals surface area contributed by atoms with Gasteiger partial charge in [-0.1, -0.05) is 57.5 Å². The van der Waals surface area contributed by atoms with Crippen molar-refractivity contribution in [3.63, 3.8) is 0 Å². The number of thiophene rings is 1. The molecule has 1 aliphatic rings. The molecule has 0 saturated heterocycles. The molecule has 1 aliphatic carbocycles. The van der Waals surface area contributed by atoms with Crippen LogP contribution < -0.4 is 0 Å². The van der Waals surface area contributed by atoms with Gasteiger partial charge in [0, 0.05) is 35.2 Å². The molecule has 2 heterocycles. The molecule has 156 valence electrons. The molecule has 3 aromatic rings. The van der Waals surface area contributed by atoms with Crippen LogP contribution in [0.5, 0.6) is 0 Å². The second kappa shape index (κ2) is 8.70. The first-order chi connectivity index (χ1) is 14.3. The van der Waals surface area contributed by atoms with Gasteiger partial charge in [0.2, 0.25) is 0 Å². The van der Waals surface area contributed by atoms with Crippen LogP contribution >= 0.6 is 24.2 Å². The summed E-state index contributed by atoms with van der Waals surface area (Å²) in [5, 5.41) is 0. The average molecular weight is 435 g/mol. The van der Waals surface area contributed by atoms with Gasteiger partial charge >= 0.3 is 0 Å². The maximum absolute atomic E-state index is 4.77. The van der Waals surface area contributed by atoms with E-state index in [1.165, 1.54) is 51.1 Å². The van der Waals surface area contributed by atoms with E-state index in [0.29, 0.717) is 5.41 Å². The summed E-state index contributed by atoms with van der Waals surface area (Å²) < 4.78 is 2.07. The fourth-order valence-electron chi connectivity index (χ4n) is 4.39. The number of allylic oxidation sites excluding steroid dienone is 1. The van der Waals surface area contributed by atoms with Gasteiger partial charge in [0.15, 0.2) is 0 Å². The molecule has 0 amide bonds. The summed E-state index contributed by atoms with van der Waals surface area (Å²) in [6.45, 7) is 12.9. The van der Waals surface area contributed by atoms with Gasteiger partial charge in [0.05, 0.1) is 0 Å². The van der Waals surface area contributed by atoms with E-state index in [0.717, 1.165) is 19.5 Å². The minimum absolute atomic E-state index is 0.363. The van der Waals surface area contributed by atoms with Crippen LogP contribution in [-0.4, -0.2) is 9.29 Å². The van der Waals surface area contributed by atoms with Crippen molar-refractivity contribution < 1.29 is 0 Å². The molecule has 0 bridgehead atoms. The predicted molar refractivity (Wildman–Crippen MR) is 133 cm³/mol. The van der Waals surface area contributed by atoms with Crippen LogP contribution in [0.25, 0.3) is 16.0 Å². The van der Waals surface area contributed by atoms with E-state index in [9.17, 15) is 0 Å². The van der Waals surface area contributed by atoms with E-state index in [1.54, 1.807) is 4.88 Å². The van der Waals surface area contributed by atoms with Gasteiger partial charge in [-0.15, -0.1) is 11.3 Å². The number of benzene rings is 1. The number of thiol groups is 1. The van der Waals surface area contributed by atoms with Crippen molar-refractivity contribution in [2.45, 2.75) is 53.1 Å². The van der Waals surface area contributed by atoms with Gasteiger partial charge in [-0.2, -0.15) is 0 Å². The number of aryl methyl sites for hydroxylation is 1. The minimum atomic E-state index is 0.363. The quantitative estimate of drug-likeness (QED) is 0.413. The molecule has 0 spiro atoms. The molecule has 0 aliphatic heterocycles. The lowest BCUT2D eigenvalue weighted by Crippen LogP contribution is -2.21. The normalized spacial score (nSPS) is 15.2. The molecule has 2 nitrogen and oxygen atoms in total. The van der Waals surface area contributed by atoms with Crippen LogP contribution in [0.1, 0.15) is 54.3 Å². The molecule has 2 aromatic heterocycles. The van der Waals surface area contributed by atoms with E-state index in [-0.39, 0.29) is 0 Å². The van der Waals surface area contributed by atoms with E-state index < -0.39 is 0 Å². The summed E-state index contributed by atoms with van der Waals surface area (Å²) in [6.07, 6.45) is 7.25. The lowest BCUT2D eigenvalue weighted by atomic mass is 9.75. The maximum atomic E-state index is 4.77. The molecule has 4 rings (SSSR count). The number of hydrogen-bond acceptors (Lipinski definition) is 4. The summed E-state index contributed by atoms with van der Waals surface area (Å²) in [4.78, 5) is 7.04. The number of hydrogen-bond donors (Lipinski definition) is 1. The molecule has 0 fully saturated rings. The number of rotatable bonds is 6. The predicted octanol–water partition coefficient (Wildman–Crippen LogP) is 7.21. The lowest BCUT2D eigenvalue weighted by molar-refractivity contribution is 0.317. The summed E-state index contributed by atoms with van der Waals surface area (Å²) in [7, 11) is 0. The Morgan fingerprint density at radius 3 is 2.63 bits per heavy atom. The minimum Gasteiger partial charge on any atom is -0.265 e. The van der Waals surface area contributed by atoms with Crippen molar-refractivity contribution in [2.75, 3.05) is 0 Å². The smallest absolute Gasteiger partial charge is 0.0426 e. The van der Waals surface area contributed by atoms with Gasteiger partial charge in [0.1, 0.15) is 0 Å². The second-order valence-electron chi connectivity index (χ2n) is 9.16. The van der Waals surface area contributed by atoms with Crippen LogP contribution in [0.4, 0.5) is 0 Å². The monoisotopic (exact) mass is 434 g/mol. The third kappa shape index (κ3) is 4.56. The van der Waals surface area contributed by atoms with Crippen molar-refractivity contribution in [3.8, 4) is 10.4 Å². The third-order valence-electron chi connectivity index (χ3n) is 5.93. The molecule has 0 unspecified atom stereocenters. The molecule has 0 radical (unpaired) electrons. The number of aromatic nitrogens is 1. The highest BCUT2D eigenvalue weighted by Gasteiger charge is 2.31. The van der Waals surface area contributed by atoms with Crippen molar-refractivity contribution in [1.82, 2.24) is 9.29 Å². The molecular weight excluding hydrogens is 404 g/mol. The van der Waals surface area contributed by atoms with E-state index in [1.807, 2.05) is 35.9 Å². The first kappa shape index (κ1) is 21.4. The maximum Gasteiger partial charge on any atom is 0.0426 e. The first-order valence-electron chi connectivity index (χ1n) is 10.6. The van der Waals surface area contributed by atoms with E-state index in [4.69, 9.17) is 12.8 Å². The van der Waals surface area contributed by atoms with Gasteiger partial charge < -0.3 is 0 Å². The third-order valence-corrected chi connectivity index (χ3v) is 7.54. The largest absolute Gasteiger partial charge is 0.265 e. The number of nitrogens with zero attached hydrogens (tertiary/aromatic N) is 2. The molecule has 4 heteroatoms. The SMILES string of the molecule is C=C(C)c1c(-c2ccccc2CN(S)Cc2ccncc2)sc2c1CC(C)(C)CC2. The first-order valence-corrected chi connectivity index (χ1v) is 11.8. The Morgan fingerprint density at radius 1 is 1.17 bits per heavy atom. The summed E-state index contributed by atoms with van der Waals surface area (Å²) in [5.41, 5.74) is 8.30. The van der Waals surface area contributed by atoms with E-state index >= 15 is 0 Å². The summed E-state index contributed by atoms with van der Waals surface area (Å²) in [6, 6.07) is 12.9. The molecular formula is C26H30N2S2. The van der Waals surface area contributed by atoms with E-state index in [2.05, 4.69) is 60.9 Å². The van der Waals surface area contributed by atoms with Gasteiger partial charge in [0.25, 0.3) is 0 Å². The number of pyridine rings is 1. The van der Waals surface area contributed by atoms with Crippen LogP contribution in [-0.2, 0) is 25.9 Å². The summed E-state index contributed by atoms with van der Waals surface area (Å²) in [5.74, 6) is 0. The Bertz CT molecular complexity index is 1050. The molecule has 30 heavy (non-hydrogen) atoms. The van der Waals surface area contributed by atoms with Gasteiger partial charge in [-0.25, -0.2) is 4.31 Å². The zero-order chi connectivity index (χ0) is 21.3. The van der Waals surface area contributed by atoms with Crippen LogP contribution in [0.15, 0.2) is 55.4 Å².